The maximum absolute atomic E-state index is 12.0. The fourth-order valence-electron chi connectivity index (χ4n) is 2.15. The topological polar surface area (TPSA) is 73.2 Å². The van der Waals surface area contributed by atoms with Gasteiger partial charge in [-0.1, -0.05) is 23.7 Å². The largest absolute Gasteiger partial charge is 0.379 e. The van der Waals surface area contributed by atoms with Gasteiger partial charge in [-0.05, 0) is 38.5 Å². The van der Waals surface area contributed by atoms with Gasteiger partial charge >= 0.3 is 0 Å². The van der Waals surface area contributed by atoms with Crippen molar-refractivity contribution in [3.05, 3.63) is 51.8 Å². The number of aromatic nitrogens is 2. The third-order valence-corrected chi connectivity index (χ3v) is 3.65. The third kappa shape index (κ3) is 6.32. The van der Waals surface area contributed by atoms with Crippen LogP contribution in [0, 0.1) is 0 Å². The molecule has 0 aliphatic carbocycles. The summed E-state index contributed by atoms with van der Waals surface area (Å²) < 4.78 is 6.56. The number of benzene rings is 1. The molecule has 25 heavy (non-hydrogen) atoms. The summed E-state index contributed by atoms with van der Waals surface area (Å²) in [5.74, 6) is -0.257. The average molecular weight is 364 g/mol. The van der Waals surface area contributed by atoms with E-state index < -0.39 is 0 Å². The maximum atomic E-state index is 12.0. The third-order valence-electron chi connectivity index (χ3n) is 3.39. The lowest BCUT2D eigenvalue weighted by atomic mass is 10.1. The highest BCUT2D eigenvalue weighted by atomic mass is 35.5. The SMILES string of the molecule is CC(C)OCCCNC(=O)Cn1nc(-c2ccc(Cl)cc2)ccc1=O. The second-order valence-electron chi connectivity index (χ2n) is 5.84. The number of hydrogen-bond donors (Lipinski definition) is 1. The number of nitrogens with zero attached hydrogens (tertiary/aromatic N) is 2. The van der Waals surface area contributed by atoms with Crippen LogP contribution in [0.25, 0.3) is 11.3 Å². The van der Waals surface area contributed by atoms with Crippen molar-refractivity contribution in [1.82, 2.24) is 15.1 Å². The van der Waals surface area contributed by atoms with Gasteiger partial charge in [0.15, 0.2) is 0 Å². The van der Waals surface area contributed by atoms with E-state index in [1.54, 1.807) is 18.2 Å². The molecule has 6 nitrogen and oxygen atoms in total. The summed E-state index contributed by atoms with van der Waals surface area (Å²) in [6, 6.07) is 10.2. The zero-order valence-corrected chi connectivity index (χ0v) is 15.1. The monoisotopic (exact) mass is 363 g/mol. The first-order chi connectivity index (χ1) is 12.0. The highest BCUT2D eigenvalue weighted by Gasteiger charge is 2.08. The average Bonchev–Trinajstić information content (AvgIpc) is 2.57. The molecule has 0 aliphatic heterocycles. The minimum absolute atomic E-state index is 0.120. The van der Waals surface area contributed by atoms with Crippen molar-refractivity contribution in [2.24, 2.45) is 0 Å². The van der Waals surface area contributed by atoms with Gasteiger partial charge in [0.25, 0.3) is 5.56 Å². The van der Waals surface area contributed by atoms with Gasteiger partial charge in [0.2, 0.25) is 5.91 Å². The summed E-state index contributed by atoms with van der Waals surface area (Å²) in [5, 5.41) is 7.64. The number of carbonyl (C=O) groups excluding carboxylic acids is 1. The zero-order valence-electron chi connectivity index (χ0n) is 14.4. The number of rotatable bonds is 8. The van der Waals surface area contributed by atoms with Crippen LogP contribution < -0.4 is 10.9 Å². The number of halogens is 1. The van der Waals surface area contributed by atoms with Crippen LogP contribution in [0.2, 0.25) is 5.02 Å². The Morgan fingerprint density at radius 3 is 2.64 bits per heavy atom. The predicted molar refractivity (Wildman–Crippen MR) is 97.7 cm³/mol. The lowest BCUT2D eigenvalue weighted by Crippen LogP contribution is -2.34. The normalized spacial score (nSPS) is 10.9. The minimum Gasteiger partial charge on any atom is -0.379 e. The van der Waals surface area contributed by atoms with Gasteiger partial charge in [0.1, 0.15) is 6.54 Å². The van der Waals surface area contributed by atoms with Gasteiger partial charge in [-0.25, -0.2) is 4.68 Å². The molecule has 0 aliphatic rings. The summed E-state index contributed by atoms with van der Waals surface area (Å²) in [6.45, 7) is 4.89. The van der Waals surface area contributed by atoms with Crippen LogP contribution >= 0.6 is 11.6 Å². The Morgan fingerprint density at radius 1 is 1.24 bits per heavy atom. The van der Waals surface area contributed by atoms with Crippen LogP contribution in [0.3, 0.4) is 0 Å². The highest BCUT2D eigenvalue weighted by molar-refractivity contribution is 6.30. The molecule has 0 saturated heterocycles. The quantitative estimate of drug-likeness (QED) is 0.731. The molecule has 0 saturated carbocycles. The van der Waals surface area contributed by atoms with E-state index in [2.05, 4.69) is 10.4 Å². The predicted octanol–water partition coefficient (Wildman–Crippen LogP) is 2.50. The minimum atomic E-state index is -0.323. The Hall–Kier alpha value is -2.18. The van der Waals surface area contributed by atoms with Gasteiger partial charge in [0, 0.05) is 29.8 Å². The molecular formula is C18H22ClN3O3. The first kappa shape index (κ1) is 19.1. The molecule has 2 rings (SSSR count). The molecule has 0 unspecified atom stereocenters. The Morgan fingerprint density at radius 2 is 1.96 bits per heavy atom. The van der Waals surface area contributed by atoms with E-state index in [0.717, 1.165) is 16.7 Å². The standard InChI is InChI=1S/C18H22ClN3O3/c1-13(2)25-11-3-10-20-17(23)12-22-18(24)9-8-16(21-22)14-4-6-15(19)7-5-14/h4-9,13H,3,10-12H2,1-2H3,(H,20,23). The molecular weight excluding hydrogens is 342 g/mol. The molecule has 2 aromatic rings. The molecule has 0 spiro atoms. The van der Waals surface area contributed by atoms with E-state index >= 15 is 0 Å². The second-order valence-corrected chi connectivity index (χ2v) is 6.28. The summed E-state index contributed by atoms with van der Waals surface area (Å²) in [6.07, 6.45) is 0.894. The van der Waals surface area contributed by atoms with E-state index in [-0.39, 0.29) is 24.1 Å². The van der Waals surface area contributed by atoms with Crippen LogP contribution in [0.15, 0.2) is 41.2 Å². The van der Waals surface area contributed by atoms with Crippen LogP contribution in [0.5, 0.6) is 0 Å². The van der Waals surface area contributed by atoms with E-state index in [0.29, 0.717) is 23.9 Å². The molecule has 1 N–H and O–H groups in total. The van der Waals surface area contributed by atoms with Crippen molar-refractivity contribution in [3.8, 4) is 11.3 Å². The molecule has 0 atom stereocenters. The number of carbonyl (C=O) groups is 1. The Bertz CT molecular complexity index is 757. The van der Waals surface area contributed by atoms with Gasteiger partial charge in [-0.3, -0.25) is 9.59 Å². The number of ether oxygens (including phenoxy) is 1. The molecule has 134 valence electrons. The fourth-order valence-corrected chi connectivity index (χ4v) is 2.27. The summed E-state index contributed by atoms with van der Waals surface area (Å²) in [5.41, 5.74) is 1.11. The molecule has 0 radical (unpaired) electrons. The summed E-state index contributed by atoms with van der Waals surface area (Å²) in [4.78, 5) is 23.9. The second kappa shape index (κ2) is 9.34. The van der Waals surface area contributed by atoms with Gasteiger partial charge in [-0.2, -0.15) is 5.10 Å². The Kier molecular flexibility index (Phi) is 7.16. The molecule has 1 aromatic heterocycles. The molecule has 1 aromatic carbocycles. The van der Waals surface area contributed by atoms with Gasteiger partial charge < -0.3 is 10.1 Å². The Balaban J connectivity index is 1.95. The highest BCUT2D eigenvalue weighted by Crippen LogP contribution is 2.18. The van der Waals surface area contributed by atoms with E-state index in [9.17, 15) is 9.59 Å². The molecule has 1 heterocycles. The van der Waals surface area contributed by atoms with Crippen molar-refractivity contribution in [2.75, 3.05) is 13.2 Å². The fraction of sp³-hybridized carbons (Fsp3) is 0.389. The van der Waals surface area contributed by atoms with Crippen LogP contribution in [-0.4, -0.2) is 34.9 Å². The smallest absolute Gasteiger partial charge is 0.267 e. The van der Waals surface area contributed by atoms with Crippen molar-refractivity contribution in [1.29, 1.82) is 0 Å². The van der Waals surface area contributed by atoms with Crippen LogP contribution in [0.4, 0.5) is 0 Å². The van der Waals surface area contributed by atoms with Crippen molar-refractivity contribution < 1.29 is 9.53 Å². The molecule has 0 bridgehead atoms. The molecule has 0 fully saturated rings. The van der Waals surface area contributed by atoms with Crippen molar-refractivity contribution in [2.45, 2.75) is 32.9 Å². The first-order valence-electron chi connectivity index (χ1n) is 8.18. The zero-order chi connectivity index (χ0) is 18.2. The summed E-state index contributed by atoms with van der Waals surface area (Å²) >= 11 is 5.88. The van der Waals surface area contributed by atoms with E-state index in [4.69, 9.17) is 16.3 Å². The maximum Gasteiger partial charge on any atom is 0.267 e. The lowest BCUT2D eigenvalue weighted by Gasteiger charge is -2.09. The first-order valence-corrected chi connectivity index (χ1v) is 8.56. The van der Waals surface area contributed by atoms with Crippen molar-refractivity contribution in [3.63, 3.8) is 0 Å². The van der Waals surface area contributed by atoms with Gasteiger partial charge in [0.05, 0.1) is 11.8 Å². The van der Waals surface area contributed by atoms with Crippen molar-refractivity contribution >= 4 is 17.5 Å². The lowest BCUT2D eigenvalue weighted by molar-refractivity contribution is -0.121. The van der Waals surface area contributed by atoms with E-state index in [1.165, 1.54) is 6.07 Å². The van der Waals surface area contributed by atoms with Crippen LogP contribution in [0.1, 0.15) is 20.3 Å². The Labute approximate surface area is 151 Å². The molecule has 7 heteroatoms. The van der Waals surface area contributed by atoms with Crippen LogP contribution in [-0.2, 0) is 16.1 Å². The van der Waals surface area contributed by atoms with Gasteiger partial charge in [-0.15, -0.1) is 0 Å². The molecule has 1 amide bonds. The number of amides is 1. The number of nitrogens with one attached hydrogen (secondary N) is 1. The van der Waals surface area contributed by atoms with E-state index in [1.807, 2.05) is 26.0 Å². The summed E-state index contributed by atoms with van der Waals surface area (Å²) in [7, 11) is 0. The number of hydrogen-bond acceptors (Lipinski definition) is 4.